The van der Waals surface area contributed by atoms with E-state index in [2.05, 4.69) is 33.0 Å². The predicted molar refractivity (Wildman–Crippen MR) is 50.2 cm³/mol. The summed E-state index contributed by atoms with van der Waals surface area (Å²) in [6.45, 7) is 7.78. The van der Waals surface area contributed by atoms with Crippen LogP contribution in [0.4, 0.5) is 0 Å². The van der Waals surface area contributed by atoms with Gasteiger partial charge in [0.25, 0.3) is 0 Å². The van der Waals surface area contributed by atoms with Crippen LogP contribution in [0, 0.1) is 0 Å². The number of rotatable bonds is 8. The van der Waals surface area contributed by atoms with Crippen molar-refractivity contribution in [3.05, 3.63) is 25.3 Å². The molecule has 0 heterocycles. The van der Waals surface area contributed by atoms with Crippen molar-refractivity contribution < 1.29 is 34.2 Å². The van der Waals surface area contributed by atoms with Crippen molar-refractivity contribution in [1.29, 1.82) is 0 Å². The third-order valence-electron chi connectivity index (χ3n) is 1.15. The lowest BCUT2D eigenvalue weighted by molar-refractivity contribution is -0.618. The fourth-order valence-corrected chi connectivity index (χ4v) is 0.505. The number of ether oxygens (including phenoxy) is 1. The summed E-state index contributed by atoms with van der Waals surface area (Å²) in [6, 6.07) is 0. The van der Waals surface area contributed by atoms with Crippen molar-refractivity contribution in [2.75, 3.05) is 6.61 Å². The fraction of sp³-hybridized carbons (Fsp3) is 0.333. The Kier molecular flexibility index (Phi) is 7.68. The molecule has 1 unspecified atom stereocenters. The lowest BCUT2D eigenvalue weighted by Gasteiger charge is -2.09. The zero-order valence-electron chi connectivity index (χ0n) is 8.71. The number of hydrogen-bond donors (Lipinski definition) is 0. The maximum atomic E-state index is 10.7. The molecule has 0 aromatic heterocycles. The van der Waals surface area contributed by atoms with Crippen LogP contribution in [-0.2, 0) is 34.2 Å². The Labute approximate surface area is 92.0 Å². The van der Waals surface area contributed by atoms with Gasteiger partial charge in [0.15, 0.2) is 0 Å². The first kappa shape index (κ1) is 14.3. The smallest absolute Gasteiger partial charge is 0.368 e. The molecule has 0 saturated heterocycles. The highest BCUT2D eigenvalue weighted by Gasteiger charge is 2.07. The molecule has 90 valence electrons. The summed E-state index contributed by atoms with van der Waals surface area (Å²) in [6.07, 6.45) is 1.32. The largest absolute Gasteiger partial charge is 0.457 e. The monoisotopic (exact) mass is 232 g/mol. The van der Waals surface area contributed by atoms with E-state index in [4.69, 9.17) is 4.74 Å². The molecular weight excluding hydrogens is 220 g/mol. The summed E-state index contributed by atoms with van der Waals surface area (Å²) in [4.78, 5) is 29.4. The average molecular weight is 232 g/mol. The van der Waals surface area contributed by atoms with E-state index in [1.54, 1.807) is 6.92 Å². The Bertz CT molecular complexity index is 261. The third-order valence-corrected chi connectivity index (χ3v) is 1.15. The van der Waals surface area contributed by atoms with Gasteiger partial charge in [-0.05, 0) is 12.0 Å². The van der Waals surface area contributed by atoms with Crippen LogP contribution in [-0.4, -0.2) is 24.6 Å². The highest BCUT2D eigenvalue weighted by molar-refractivity contribution is 5.81. The first-order chi connectivity index (χ1) is 7.60. The van der Waals surface area contributed by atoms with Crippen LogP contribution in [0.2, 0.25) is 0 Å². The second kappa shape index (κ2) is 8.60. The predicted octanol–water partition coefficient (Wildman–Crippen LogP) is 0.628. The minimum Gasteiger partial charge on any atom is -0.457 e. The fourth-order valence-electron chi connectivity index (χ4n) is 0.505. The molecule has 16 heavy (non-hydrogen) atoms. The van der Waals surface area contributed by atoms with Gasteiger partial charge >= 0.3 is 11.9 Å². The van der Waals surface area contributed by atoms with Crippen molar-refractivity contribution in [1.82, 2.24) is 0 Å². The van der Waals surface area contributed by atoms with Gasteiger partial charge in [0.05, 0.1) is 0 Å². The maximum Gasteiger partial charge on any atom is 0.368 e. The Morgan fingerprint density at radius 3 is 2.38 bits per heavy atom. The van der Waals surface area contributed by atoms with E-state index in [-0.39, 0.29) is 6.61 Å². The van der Waals surface area contributed by atoms with Gasteiger partial charge in [0, 0.05) is 17.2 Å². The van der Waals surface area contributed by atoms with Crippen LogP contribution in [0.5, 0.6) is 0 Å². The number of carbonyl (C=O) groups excluding carboxylic acids is 2. The molecule has 0 aromatic rings. The molecule has 0 aliphatic carbocycles. The van der Waals surface area contributed by atoms with Crippen LogP contribution in [0.25, 0.3) is 0 Å². The van der Waals surface area contributed by atoms with Gasteiger partial charge in [-0.1, -0.05) is 13.2 Å². The standard InChI is InChI=1S/C9H12O7/c1-4-8(10)13-7(3)6-12-15-16-14-9(11)5-2/h4-5,7H,1-2,6H2,3H3. The van der Waals surface area contributed by atoms with Gasteiger partial charge in [0.2, 0.25) is 0 Å². The summed E-state index contributed by atoms with van der Waals surface area (Å²) in [7, 11) is 0. The van der Waals surface area contributed by atoms with Crippen LogP contribution in [0.1, 0.15) is 6.92 Å². The zero-order chi connectivity index (χ0) is 12.4. The normalized spacial score (nSPS) is 11.3. The van der Waals surface area contributed by atoms with E-state index in [1.807, 2.05) is 0 Å². The van der Waals surface area contributed by atoms with Crippen LogP contribution < -0.4 is 0 Å². The third kappa shape index (κ3) is 7.68. The Morgan fingerprint density at radius 2 is 1.81 bits per heavy atom. The highest BCUT2D eigenvalue weighted by atomic mass is 17.7. The summed E-state index contributed by atoms with van der Waals surface area (Å²) in [5.74, 6) is -1.43. The van der Waals surface area contributed by atoms with Gasteiger partial charge in [-0.3, -0.25) is 4.89 Å². The summed E-state index contributed by atoms with van der Waals surface area (Å²) in [5.41, 5.74) is 0. The van der Waals surface area contributed by atoms with Crippen molar-refractivity contribution >= 4 is 11.9 Å². The minimum absolute atomic E-state index is 0.106. The number of esters is 1. The Hall–Kier alpha value is -1.70. The quantitative estimate of drug-likeness (QED) is 0.199. The van der Waals surface area contributed by atoms with E-state index < -0.39 is 18.0 Å². The molecule has 7 heteroatoms. The molecule has 0 saturated carbocycles. The Balaban J connectivity index is 3.44. The molecule has 0 aliphatic heterocycles. The van der Waals surface area contributed by atoms with Gasteiger partial charge in [-0.2, -0.15) is 4.89 Å². The summed E-state index contributed by atoms with van der Waals surface area (Å²) in [5, 5.41) is 7.85. The number of hydrogen-bond acceptors (Lipinski definition) is 7. The molecule has 0 amide bonds. The molecule has 0 N–H and O–H groups in total. The van der Waals surface area contributed by atoms with Gasteiger partial charge in [-0.25, -0.2) is 9.59 Å². The van der Waals surface area contributed by atoms with E-state index in [1.165, 1.54) is 0 Å². The van der Waals surface area contributed by atoms with Gasteiger partial charge in [0.1, 0.15) is 12.7 Å². The highest BCUT2D eigenvalue weighted by Crippen LogP contribution is 1.95. The van der Waals surface area contributed by atoms with Gasteiger partial charge in [-0.15, -0.1) is 0 Å². The molecule has 0 rings (SSSR count). The van der Waals surface area contributed by atoms with E-state index in [9.17, 15) is 9.59 Å². The van der Waals surface area contributed by atoms with Crippen LogP contribution in [0.15, 0.2) is 25.3 Å². The van der Waals surface area contributed by atoms with Crippen LogP contribution >= 0.6 is 0 Å². The van der Waals surface area contributed by atoms with E-state index in [0.29, 0.717) is 0 Å². The lowest BCUT2D eigenvalue weighted by atomic mass is 10.4. The van der Waals surface area contributed by atoms with Crippen molar-refractivity contribution in [3.8, 4) is 0 Å². The average Bonchev–Trinajstić information content (AvgIpc) is 2.27. The van der Waals surface area contributed by atoms with E-state index in [0.717, 1.165) is 12.2 Å². The molecule has 7 nitrogen and oxygen atoms in total. The topological polar surface area (TPSA) is 80.3 Å². The van der Waals surface area contributed by atoms with E-state index >= 15 is 0 Å². The van der Waals surface area contributed by atoms with Crippen molar-refractivity contribution in [2.24, 2.45) is 0 Å². The summed E-state index contributed by atoms with van der Waals surface area (Å²) >= 11 is 0. The minimum atomic E-state index is -0.838. The van der Waals surface area contributed by atoms with Crippen molar-refractivity contribution in [2.45, 2.75) is 13.0 Å². The van der Waals surface area contributed by atoms with Crippen molar-refractivity contribution in [3.63, 3.8) is 0 Å². The second-order valence-electron chi connectivity index (χ2n) is 2.48. The molecule has 0 aliphatic rings. The number of carbonyl (C=O) groups is 2. The molecule has 0 radical (unpaired) electrons. The first-order valence-electron chi connectivity index (χ1n) is 4.22. The zero-order valence-corrected chi connectivity index (χ0v) is 8.71. The molecule has 0 fully saturated rings. The SMILES string of the molecule is C=CC(=O)OOOOCC(C)OC(=O)C=C. The molecule has 1 atom stereocenters. The molecule has 0 aromatic carbocycles. The maximum absolute atomic E-state index is 10.7. The molecule has 0 spiro atoms. The molecular formula is C9H12O7. The lowest BCUT2D eigenvalue weighted by Crippen LogP contribution is -2.19. The Morgan fingerprint density at radius 1 is 1.19 bits per heavy atom. The summed E-state index contributed by atoms with van der Waals surface area (Å²) < 4.78 is 4.71. The first-order valence-corrected chi connectivity index (χ1v) is 4.22. The van der Waals surface area contributed by atoms with Crippen LogP contribution in [0.3, 0.4) is 0 Å². The van der Waals surface area contributed by atoms with Gasteiger partial charge < -0.3 is 4.74 Å². The second-order valence-corrected chi connectivity index (χ2v) is 2.48. The molecule has 0 bridgehead atoms.